The van der Waals surface area contributed by atoms with Gasteiger partial charge in [0.1, 0.15) is 6.42 Å². The Morgan fingerprint density at radius 2 is 1.72 bits per heavy atom. The third kappa shape index (κ3) is 4.37. The van der Waals surface area contributed by atoms with Crippen molar-refractivity contribution in [1.82, 2.24) is 0 Å². The Hall–Kier alpha value is -2.85. The molecule has 0 saturated carbocycles. The molecule has 0 aliphatic carbocycles. The predicted molar refractivity (Wildman–Crippen MR) is 96.0 cm³/mol. The molecule has 1 N–H and O–H groups in total. The number of methoxy groups -OCH3 is 2. The Balaban J connectivity index is 2.52. The fourth-order valence-electron chi connectivity index (χ4n) is 2.19. The van der Waals surface area contributed by atoms with Crippen LogP contribution in [-0.2, 0) is 4.79 Å². The van der Waals surface area contributed by atoms with E-state index in [1.165, 1.54) is 26.4 Å². The quantitative estimate of drug-likeness (QED) is 0.746. The van der Waals surface area contributed by atoms with Gasteiger partial charge in [0, 0.05) is 16.1 Å². The highest BCUT2D eigenvalue weighted by Gasteiger charge is 2.19. The minimum atomic E-state index is -0.514. The fraction of sp³-hybridized carbons (Fsp3) is 0.167. The summed E-state index contributed by atoms with van der Waals surface area (Å²) in [5, 5.41) is 11.2. The highest BCUT2D eigenvalue weighted by molar-refractivity contribution is 9.10. The molecule has 0 radical (unpaired) electrons. The Morgan fingerprint density at radius 1 is 1.12 bits per heavy atom. The van der Waals surface area contributed by atoms with E-state index in [1.807, 2.05) is 0 Å². The smallest absolute Gasteiger partial charge is 0.238 e. The number of carbonyl (C=O) groups excluding carboxylic acids is 2. The maximum Gasteiger partial charge on any atom is 0.238 e. The van der Waals surface area contributed by atoms with E-state index < -0.39 is 5.91 Å². The first-order chi connectivity index (χ1) is 12.0. The van der Waals surface area contributed by atoms with E-state index in [1.54, 1.807) is 30.3 Å². The molecule has 0 saturated heterocycles. The molecule has 0 aliphatic rings. The third-order valence-electron chi connectivity index (χ3n) is 3.39. The lowest BCUT2D eigenvalue weighted by atomic mass is 10.0. The molecule has 0 aliphatic heterocycles. The minimum absolute atomic E-state index is 0.242. The van der Waals surface area contributed by atoms with Crippen molar-refractivity contribution in [3.63, 3.8) is 0 Å². The lowest BCUT2D eigenvalue weighted by molar-refractivity contribution is -0.115. The first kappa shape index (κ1) is 18.5. The van der Waals surface area contributed by atoms with E-state index >= 15 is 0 Å². The number of halogens is 1. The number of nitrogens with one attached hydrogen (secondary N) is 1. The highest BCUT2D eigenvalue weighted by Crippen LogP contribution is 2.34. The third-order valence-corrected chi connectivity index (χ3v) is 3.92. The molecule has 0 unspecified atom stereocenters. The van der Waals surface area contributed by atoms with Gasteiger partial charge in [0.25, 0.3) is 0 Å². The molecule has 6 nitrogen and oxygen atoms in total. The van der Waals surface area contributed by atoms with Gasteiger partial charge in [-0.1, -0.05) is 15.9 Å². The average Bonchev–Trinajstić information content (AvgIpc) is 2.61. The van der Waals surface area contributed by atoms with Crippen molar-refractivity contribution in [2.45, 2.75) is 6.42 Å². The number of amides is 1. The average molecular weight is 403 g/mol. The standard InChI is InChI=1S/C18H15BrN2O4/c1-24-15-9-13(18(23)11-3-5-12(19)6-4-11)14(10-16(15)25-2)21-17(22)7-8-20/h3-6,9-10H,7H2,1-2H3,(H,21,22). The van der Waals surface area contributed by atoms with Crippen molar-refractivity contribution >= 4 is 33.3 Å². The zero-order valence-corrected chi connectivity index (χ0v) is 15.2. The molecule has 2 aromatic rings. The number of carbonyl (C=O) groups is 2. The molecule has 128 valence electrons. The molecule has 1 amide bonds. The summed E-state index contributed by atoms with van der Waals surface area (Å²) in [6, 6.07) is 11.6. The molecule has 0 atom stereocenters. The second-order valence-electron chi connectivity index (χ2n) is 4.97. The lowest BCUT2D eigenvalue weighted by Gasteiger charge is -2.15. The summed E-state index contributed by atoms with van der Waals surface area (Å²) >= 11 is 3.32. The SMILES string of the molecule is COc1cc(NC(=O)CC#N)c(C(=O)c2ccc(Br)cc2)cc1OC. The zero-order chi connectivity index (χ0) is 18.4. The molecule has 0 aromatic heterocycles. The first-order valence-corrected chi connectivity index (χ1v) is 8.02. The van der Waals surface area contributed by atoms with E-state index in [2.05, 4.69) is 21.2 Å². The molecule has 2 aromatic carbocycles. The van der Waals surface area contributed by atoms with Crippen LogP contribution < -0.4 is 14.8 Å². The van der Waals surface area contributed by atoms with E-state index in [0.29, 0.717) is 17.1 Å². The molecule has 25 heavy (non-hydrogen) atoms. The van der Waals surface area contributed by atoms with E-state index in [0.717, 1.165) is 4.47 Å². The molecule has 0 spiro atoms. The second-order valence-corrected chi connectivity index (χ2v) is 5.89. The number of hydrogen-bond acceptors (Lipinski definition) is 5. The van der Waals surface area contributed by atoms with Crippen LogP contribution in [0.5, 0.6) is 11.5 Å². The predicted octanol–water partition coefficient (Wildman–Crippen LogP) is 3.55. The number of benzene rings is 2. The van der Waals surface area contributed by atoms with Gasteiger partial charge in [-0.15, -0.1) is 0 Å². The number of hydrogen-bond donors (Lipinski definition) is 1. The van der Waals surface area contributed by atoms with Crippen LogP contribution in [0.3, 0.4) is 0 Å². The summed E-state index contributed by atoms with van der Waals surface area (Å²) in [6.45, 7) is 0. The van der Waals surface area contributed by atoms with Gasteiger partial charge >= 0.3 is 0 Å². The van der Waals surface area contributed by atoms with Gasteiger partial charge in [0.15, 0.2) is 17.3 Å². The Bertz CT molecular complexity index is 841. The molecule has 7 heteroatoms. The molecular formula is C18H15BrN2O4. The summed E-state index contributed by atoms with van der Waals surface area (Å²) < 4.78 is 11.3. The maximum absolute atomic E-state index is 12.9. The normalized spacial score (nSPS) is 9.84. The maximum atomic E-state index is 12.9. The summed E-state index contributed by atoms with van der Waals surface area (Å²) in [4.78, 5) is 24.7. The van der Waals surface area contributed by atoms with Gasteiger partial charge < -0.3 is 14.8 Å². The monoisotopic (exact) mass is 402 g/mol. The summed E-state index contributed by atoms with van der Waals surface area (Å²) in [5.74, 6) is -0.0800. The Kier molecular flexibility index (Phi) is 6.14. The molecule has 2 rings (SSSR count). The van der Waals surface area contributed by atoms with Crippen LogP contribution in [0.4, 0.5) is 5.69 Å². The van der Waals surface area contributed by atoms with Crippen LogP contribution in [0.25, 0.3) is 0 Å². The fourth-order valence-corrected chi connectivity index (χ4v) is 2.46. The van der Waals surface area contributed by atoms with E-state index in [9.17, 15) is 9.59 Å². The van der Waals surface area contributed by atoms with Gasteiger partial charge in [0.05, 0.1) is 31.5 Å². The number of ether oxygens (including phenoxy) is 2. The van der Waals surface area contributed by atoms with Crippen molar-refractivity contribution < 1.29 is 19.1 Å². The van der Waals surface area contributed by atoms with Gasteiger partial charge in [-0.2, -0.15) is 5.26 Å². The van der Waals surface area contributed by atoms with Crippen molar-refractivity contribution in [2.24, 2.45) is 0 Å². The minimum Gasteiger partial charge on any atom is -0.493 e. The summed E-state index contributed by atoms with van der Waals surface area (Å²) in [6.07, 6.45) is -0.319. The van der Waals surface area contributed by atoms with Gasteiger partial charge in [-0.25, -0.2) is 0 Å². The van der Waals surface area contributed by atoms with Crippen LogP contribution in [-0.4, -0.2) is 25.9 Å². The molecule has 0 bridgehead atoms. The van der Waals surface area contributed by atoms with Gasteiger partial charge in [-0.3, -0.25) is 9.59 Å². The largest absolute Gasteiger partial charge is 0.493 e. The van der Waals surface area contributed by atoms with Crippen molar-refractivity contribution in [3.8, 4) is 17.6 Å². The van der Waals surface area contributed by atoms with Crippen molar-refractivity contribution in [3.05, 3.63) is 52.0 Å². The number of nitrogens with zero attached hydrogens (tertiary/aromatic N) is 1. The lowest BCUT2D eigenvalue weighted by Crippen LogP contribution is -2.15. The van der Waals surface area contributed by atoms with Crippen LogP contribution in [0.1, 0.15) is 22.3 Å². The zero-order valence-electron chi connectivity index (χ0n) is 13.6. The van der Waals surface area contributed by atoms with Crippen LogP contribution >= 0.6 is 15.9 Å². The Labute approximate surface area is 153 Å². The van der Waals surface area contributed by atoms with Crippen molar-refractivity contribution in [2.75, 3.05) is 19.5 Å². The number of nitriles is 1. The first-order valence-electron chi connectivity index (χ1n) is 7.23. The summed E-state index contributed by atoms with van der Waals surface area (Å²) in [5.41, 5.74) is 0.947. The number of ketones is 1. The highest BCUT2D eigenvalue weighted by atomic mass is 79.9. The second kappa shape index (κ2) is 8.31. The number of rotatable bonds is 6. The molecule has 0 heterocycles. The van der Waals surface area contributed by atoms with Crippen molar-refractivity contribution in [1.29, 1.82) is 5.26 Å². The van der Waals surface area contributed by atoms with E-state index in [-0.39, 0.29) is 23.5 Å². The topological polar surface area (TPSA) is 88.4 Å². The van der Waals surface area contributed by atoms with Crippen LogP contribution in [0, 0.1) is 11.3 Å². The number of anilines is 1. The summed E-state index contributed by atoms with van der Waals surface area (Å²) in [7, 11) is 2.91. The van der Waals surface area contributed by atoms with Gasteiger partial charge in [-0.05, 0) is 30.3 Å². The molecule has 0 fully saturated rings. The van der Waals surface area contributed by atoms with Crippen LogP contribution in [0.15, 0.2) is 40.9 Å². The molecular weight excluding hydrogens is 388 g/mol. The van der Waals surface area contributed by atoms with Gasteiger partial charge in [0.2, 0.25) is 5.91 Å². The Morgan fingerprint density at radius 3 is 2.28 bits per heavy atom. The van der Waals surface area contributed by atoms with E-state index in [4.69, 9.17) is 14.7 Å². The van der Waals surface area contributed by atoms with Crippen LogP contribution in [0.2, 0.25) is 0 Å².